The largest absolute Gasteiger partial charge is 0.324 e. The summed E-state index contributed by atoms with van der Waals surface area (Å²) in [5, 5.41) is 4.54. The first-order valence-electron chi connectivity index (χ1n) is 5.80. The molecular formula is C13H13FN2OS. The molecule has 2 heterocycles. The molecule has 1 aliphatic heterocycles. The van der Waals surface area contributed by atoms with Crippen molar-refractivity contribution in [3.05, 3.63) is 45.6 Å². The topological polar surface area (TPSA) is 44.9 Å². The van der Waals surface area contributed by atoms with Crippen LogP contribution in [0, 0.1) is 5.82 Å². The van der Waals surface area contributed by atoms with Crippen molar-refractivity contribution in [2.24, 2.45) is 0 Å². The van der Waals surface area contributed by atoms with Crippen LogP contribution in [0.2, 0.25) is 0 Å². The number of halogens is 1. The van der Waals surface area contributed by atoms with E-state index in [-0.39, 0.29) is 17.4 Å². The number of hydrogen-bond acceptors (Lipinski definition) is 3. The first-order valence-corrected chi connectivity index (χ1v) is 6.95. The van der Waals surface area contributed by atoms with E-state index in [0.29, 0.717) is 5.39 Å². The lowest BCUT2D eigenvalue weighted by Gasteiger charge is -2.25. The van der Waals surface area contributed by atoms with Crippen LogP contribution in [0.5, 0.6) is 0 Å². The van der Waals surface area contributed by atoms with Crippen LogP contribution in [0.1, 0.15) is 17.3 Å². The minimum atomic E-state index is -0.376. The van der Waals surface area contributed by atoms with Crippen molar-refractivity contribution < 1.29 is 4.39 Å². The van der Waals surface area contributed by atoms with Gasteiger partial charge in [-0.3, -0.25) is 4.79 Å². The minimum absolute atomic E-state index is 0.198. The van der Waals surface area contributed by atoms with Gasteiger partial charge in [0.05, 0.1) is 5.39 Å². The van der Waals surface area contributed by atoms with Gasteiger partial charge in [-0.05, 0) is 30.1 Å². The molecule has 3 nitrogen and oxygen atoms in total. The SMILES string of the molecule is CN[C@H]1CSCc2[nH]c(=O)c3cc(F)ccc3c21. The van der Waals surface area contributed by atoms with E-state index in [4.69, 9.17) is 0 Å². The Hall–Kier alpha value is -1.33. The highest BCUT2D eigenvalue weighted by molar-refractivity contribution is 7.98. The van der Waals surface area contributed by atoms with Crippen molar-refractivity contribution >= 4 is 22.5 Å². The molecule has 0 fully saturated rings. The van der Waals surface area contributed by atoms with E-state index in [1.165, 1.54) is 12.1 Å². The molecule has 1 aliphatic rings. The van der Waals surface area contributed by atoms with Crippen LogP contribution < -0.4 is 10.9 Å². The van der Waals surface area contributed by atoms with Gasteiger partial charge in [-0.1, -0.05) is 6.07 Å². The van der Waals surface area contributed by atoms with Crippen LogP contribution >= 0.6 is 11.8 Å². The fourth-order valence-corrected chi connectivity index (χ4v) is 3.59. The Bertz CT molecular complexity index is 668. The summed E-state index contributed by atoms with van der Waals surface area (Å²) in [6, 6.07) is 4.63. The molecule has 1 aromatic heterocycles. The van der Waals surface area contributed by atoms with Crippen LogP contribution in [0.25, 0.3) is 10.8 Å². The molecule has 3 rings (SSSR count). The number of aromatic amines is 1. The van der Waals surface area contributed by atoms with Crippen molar-refractivity contribution in [2.75, 3.05) is 12.8 Å². The smallest absolute Gasteiger partial charge is 0.256 e. The van der Waals surface area contributed by atoms with Gasteiger partial charge < -0.3 is 10.3 Å². The van der Waals surface area contributed by atoms with Gasteiger partial charge >= 0.3 is 0 Å². The van der Waals surface area contributed by atoms with Gasteiger partial charge in [-0.2, -0.15) is 11.8 Å². The molecule has 0 saturated carbocycles. The van der Waals surface area contributed by atoms with Crippen molar-refractivity contribution in [3.8, 4) is 0 Å². The zero-order chi connectivity index (χ0) is 12.7. The molecule has 18 heavy (non-hydrogen) atoms. The number of pyridine rings is 1. The number of thioether (sulfide) groups is 1. The summed E-state index contributed by atoms with van der Waals surface area (Å²) in [6.07, 6.45) is 0. The maximum Gasteiger partial charge on any atom is 0.256 e. The molecule has 2 N–H and O–H groups in total. The molecule has 1 atom stereocenters. The number of rotatable bonds is 1. The van der Waals surface area contributed by atoms with Crippen LogP contribution in [0.15, 0.2) is 23.0 Å². The summed E-state index contributed by atoms with van der Waals surface area (Å²) in [4.78, 5) is 14.8. The van der Waals surface area contributed by atoms with Gasteiger partial charge in [0.1, 0.15) is 5.82 Å². The molecule has 0 spiro atoms. The van der Waals surface area contributed by atoms with Crippen LogP contribution in [-0.2, 0) is 5.75 Å². The fraction of sp³-hybridized carbons (Fsp3) is 0.308. The molecule has 0 bridgehead atoms. The molecular weight excluding hydrogens is 251 g/mol. The van der Waals surface area contributed by atoms with Crippen molar-refractivity contribution in [1.82, 2.24) is 10.3 Å². The first-order chi connectivity index (χ1) is 8.70. The van der Waals surface area contributed by atoms with E-state index in [9.17, 15) is 9.18 Å². The summed E-state index contributed by atoms with van der Waals surface area (Å²) >= 11 is 1.78. The summed E-state index contributed by atoms with van der Waals surface area (Å²) in [7, 11) is 1.90. The normalized spacial score (nSPS) is 18.9. The monoisotopic (exact) mass is 264 g/mol. The van der Waals surface area contributed by atoms with E-state index < -0.39 is 0 Å². The summed E-state index contributed by atoms with van der Waals surface area (Å²) < 4.78 is 13.3. The fourth-order valence-electron chi connectivity index (χ4n) is 2.48. The Morgan fingerprint density at radius 2 is 2.28 bits per heavy atom. The van der Waals surface area contributed by atoms with E-state index in [1.807, 2.05) is 7.05 Å². The number of benzene rings is 1. The maximum atomic E-state index is 13.3. The molecule has 94 valence electrons. The van der Waals surface area contributed by atoms with Gasteiger partial charge in [-0.25, -0.2) is 4.39 Å². The van der Waals surface area contributed by atoms with Crippen molar-refractivity contribution in [2.45, 2.75) is 11.8 Å². The third kappa shape index (κ3) is 1.74. The summed E-state index contributed by atoms with van der Waals surface area (Å²) in [6.45, 7) is 0. The average molecular weight is 264 g/mol. The lowest BCUT2D eigenvalue weighted by molar-refractivity contribution is 0.628. The third-order valence-electron chi connectivity index (χ3n) is 3.33. The summed E-state index contributed by atoms with van der Waals surface area (Å²) in [5.74, 6) is 1.39. The van der Waals surface area contributed by atoms with Crippen LogP contribution in [0.4, 0.5) is 4.39 Å². The predicted molar refractivity (Wildman–Crippen MR) is 72.5 cm³/mol. The van der Waals surface area contributed by atoms with Crippen LogP contribution in [-0.4, -0.2) is 17.8 Å². The molecule has 2 aromatic rings. The molecule has 0 amide bonds. The van der Waals surface area contributed by atoms with Gasteiger partial charge in [0.15, 0.2) is 0 Å². The summed E-state index contributed by atoms with van der Waals surface area (Å²) in [5.41, 5.74) is 1.85. The Balaban J connectivity index is 2.39. The molecule has 0 aliphatic carbocycles. The lowest BCUT2D eigenvalue weighted by atomic mass is 9.98. The zero-order valence-electron chi connectivity index (χ0n) is 9.92. The number of hydrogen-bond donors (Lipinski definition) is 2. The minimum Gasteiger partial charge on any atom is -0.324 e. The molecule has 1 aromatic carbocycles. The first kappa shape index (κ1) is 11.7. The lowest BCUT2D eigenvalue weighted by Crippen LogP contribution is -2.26. The standard InChI is InChI=1S/C13H13FN2OS/c1-15-10-5-18-6-11-12(10)8-3-2-7(14)4-9(8)13(17)16-11/h2-4,10,15H,5-6H2,1H3,(H,16,17)/t10-/m0/s1. The number of H-pyrrole nitrogens is 1. The van der Waals surface area contributed by atoms with Crippen molar-refractivity contribution in [3.63, 3.8) is 0 Å². The third-order valence-corrected chi connectivity index (χ3v) is 4.40. The zero-order valence-corrected chi connectivity index (χ0v) is 10.7. The molecule has 0 radical (unpaired) electrons. The molecule has 0 unspecified atom stereocenters. The van der Waals surface area contributed by atoms with Crippen molar-refractivity contribution in [1.29, 1.82) is 0 Å². The Kier molecular flexibility index (Phi) is 2.87. The van der Waals surface area contributed by atoms with Gasteiger partial charge in [0.2, 0.25) is 0 Å². The highest BCUT2D eigenvalue weighted by Gasteiger charge is 2.23. The Morgan fingerprint density at radius 1 is 1.44 bits per heavy atom. The number of fused-ring (bicyclic) bond motifs is 3. The van der Waals surface area contributed by atoms with E-state index in [0.717, 1.165) is 28.1 Å². The van der Waals surface area contributed by atoms with Crippen LogP contribution in [0.3, 0.4) is 0 Å². The number of aromatic nitrogens is 1. The van der Waals surface area contributed by atoms with Gasteiger partial charge in [-0.15, -0.1) is 0 Å². The molecule has 0 saturated heterocycles. The Labute approximate surface area is 108 Å². The van der Waals surface area contributed by atoms with E-state index >= 15 is 0 Å². The van der Waals surface area contributed by atoms with E-state index in [2.05, 4.69) is 10.3 Å². The second kappa shape index (κ2) is 4.40. The van der Waals surface area contributed by atoms with Gasteiger partial charge in [0, 0.05) is 23.2 Å². The highest BCUT2D eigenvalue weighted by atomic mass is 32.2. The highest BCUT2D eigenvalue weighted by Crippen LogP contribution is 2.34. The second-order valence-corrected chi connectivity index (χ2v) is 5.42. The second-order valence-electron chi connectivity index (χ2n) is 4.39. The Morgan fingerprint density at radius 3 is 3.06 bits per heavy atom. The average Bonchev–Trinajstić information content (AvgIpc) is 2.38. The number of nitrogens with one attached hydrogen (secondary N) is 2. The van der Waals surface area contributed by atoms with E-state index in [1.54, 1.807) is 17.8 Å². The molecule has 5 heteroatoms. The van der Waals surface area contributed by atoms with Gasteiger partial charge in [0.25, 0.3) is 5.56 Å². The quantitative estimate of drug-likeness (QED) is 0.829. The predicted octanol–water partition coefficient (Wildman–Crippen LogP) is 2.17. The maximum absolute atomic E-state index is 13.3.